The monoisotopic (exact) mass is 362 g/mol. The van der Waals surface area contributed by atoms with E-state index >= 15 is 0 Å². The van der Waals surface area contributed by atoms with Gasteiger partial charge in [-0.2, -0.15) is 13.2 Å². The molecule has 1 heterocycles. The summed E-state index contributed by atoms with van der Waals surface area (Å²) in [6, 6.07) is -1.96. The average molecular weight is 362 g/mol. The lowest BCUT2D eigenvalue weighted by Crippen LogP contribution is -2.68. The van der Waals surface area contributed by atoms with E-state index in [0.717, 1.165) is 0 Å². The zero-order valence-corrected chi connectivity index (χ0v) is 12.0. The number of carbonyl (C=O) groups is 2. The molecular formula is C11H17F3N2O8. The van der Waals surface area contributed by atoms with E-state index < -0.39 is 67.3 Å². The van der Waals surface area contributed by atoms with E-state index in [1.807, 2.05) is 0 Å². The van der Waals surface area contributed by atoms with Crippen LogP contribution >= 0.6 is 0 Å². The van der Waals surface area contributed by atoms with E-state index in [-0.39, 0.29) is 0 Å². The molecule has 8 N–H and O–H groups in total. The van der Waals surface area contributed by atoms with Gasteiger partial charge in [-0.15, -0.1) is 0 Å². The third kappa shape index (κ3) is 4.31. The number of hydrogen-bond acceptors (Lipinski definition) is 8. The Hall–Kier alpha value is -1.51. The molecule has 0 aromatic rings. The number of rotatable bonds is 5. The number of aliphatic carboxylic acids is 1. The van der Waals surface area contributed by atoms with E-state index in [1.165, 1.54) is 5.32 Å². The van der Waals surface area contributed by atoms with Gasteiger partial charge in [-0.1, -0.05) is 0 Å². The highest BCUT2D eigenvalue weighted by molar-refractivity contribution is 5.82. The van der Waals surface area contributed by atoms with Gasteiger partial charge in [-0.3, -0.25) is 4.79 Å². The second-order valence-electron chi connectivity index (χ2n) is 5.23. The smallest absolute Gasteiger partial charge is 0.471 e. The van der Waals surface area contributed by atoms with Gasteiger partial charge in [0.15, 0.2) is 0 Å². The van der Waals surface area contributed by atoms with Crippen molar-refractivity contribution >= 4 is 11.9 Å². The molecule has 0 spiro atoms. The molecule has 0 aromatic heterocycles. The lowest BCUT2D eigenvalue weighted by Gasteiger charge is -2.44. The van der Waals surface area contributed by atoms with E-state index in [9.17, 15) is 43.2 Å². The Morgan fingerprint density at radius 1 is 1.38 bits per heavy atom. The summed E-state index contributed by atoms with van der Waals surface area (Å²) in [6.07, 6.45) is -14.4. The summed E-state index contributed by atoms with van der Waals surface area (Å²) in [5.74, 6) is -7.52. The molecule has 6 atom stereocenters. The molecule has 1 aliphatic heterocycles. The summed E-state index contributed by atoms with van der Waals surface area (Å²) in [4.78, 5) is 22.0. The topological polar surface area (TPSA) is 183 Å². The third-order valence-corrected chi connectivity index (χ3v) is 3.45. The summed E-state index contributed by atoms with van der Waals surface area (Å²) >= 11 is 0. The number of carbonyl (C=O) groups excluding carboxylic acids is 1. The van der Waals surface area contributed by atoms with Crippen molar-refractivity contribution in [2.45, 2.75) is 48.8 Å². The Labute approximate surface area is 132 Å². The molecule has 140 valence electrons. The van der Waals surface area contributed by atoms with E-state index in [1.54, 1.807) is 0 Å². The van der Waals surface area contributed by atoms with Crippen LogP contribution in [-0.4, -0.2) is 86.4 Å². The first-order valence-corrected chi connectivity index (χ1v) is 6.59. The fourth-order valence-electron chi connectivity index (χ4n) is 2.17. The first-order valence-electron chi connectivity index (χ1n) is 6.59. The number of carboxylic acid groups (broad SMARTS) is 1. The lowest BCUT2D eigenvalue weighted by molar-refractivity contribution is -0.294. The molecule has 0 bridgehead atoms. The van der Waals surface area contributed by atoms with Crippen LogP contribution in [0.25, 0.3) is 0 Å². The molecule has 0 radical (unpaired) electrons. The molecule has 13 heteroatoms. The predicted molar refractivity (Wildman–Crippen MR) is 67.1 cm³/mol. The predicted octanol–water partition coefficient (Wildman–Crippen LogP) is -3.36. The summed E-state index contributed by atoms with van der Waals surface area (Å²) in [6.45, 7) is -0.595. The number of aliphatic hydroxyl groups is 4. The largest absolute Gasteiger partial charge is 0.477 e. The van der Waals surface area contributed by atoms with Crippen molar-refractivity contribution in [2.24, 2.45) is 5.73 Å². The van der Waals surface area contributed by atoms with Crippen molar-refractivity contribution in [2.75, 3.05) is 6.54 Å². The number of nitrogens with one attached hydrogen (secondary N) is 1. The van der Waals surface area contributed by atoms with Crippen molar-refractivity contribution in [3.8, 4) is 0 Å². The lowest BCUT2D eigenvalue weighted by atomic mass is 9.88. The van der Waals surface area contributed by atoms with Gasteiger partial charge in [0, 0.05) is 13.0 Å². The Kier molecular flexibility index (Phi) is 6.13. The molecular weight excluding hydrogens is 345 g/mol. The first kappa shape index (κ1) is 20.5. The van der Waals surface area contributed by atoms with E-state index in [0.29, 0.717) is 0 Å². The highest BCUT2D eigenvalue weighted by Crippen LogP contribution is 2.31. The number of ether oxygens (including phenoxy) is 1. The molecule has 1 rings (SSSR count). The van der Waals surface area contributed by atoms with Gasteiger partial charge in [0.25, 0.3) is 5.79 Å². The molecule has 0 saturated carbocycles. The van der Waals surface area contributed by atoms with Crippen molar-refractivity contribution in [1.29, 1.82) is 0 Å². The molecule has 10 nitrogen and oxygen atoms in total. The minimum Gasteiger partial charge on any atom is -0.477 e. The number of halogens is 3. The molecule has 0 aliphatic carbocycles. The maximum absolute atomic E-state index is 12.4. The molecule has 1 fully saturated rings. The highest BCUT2D eigenvalue weighted by Gasteiger charge is 2.55. The number of carboxylic acids is 1. The fourth-order valence-corrected chi connectivity index (χ4v) is 2.17. The zero-order valence-electron chi connectivity index (χ0n) is 12.0. The zero-order chi connectivity index (χ0) is 18.9. The molecule has 1 amide bonds. The Bertz CT molecular complexity index is 490. The van der Waals surface area contributed by atoms with Crippen LogP contribution in [-0.2, 0) is 14.3 Å². The van der Waals surface area contributed by atoms with Gasteiger partial charge in [-0.05, 0) is 0 Å². The second-order valence-corrected chi connectivity index (χ2v) is 5.23. The van der Waals surface area contributed by atoms with E-state index in [4.69, 9.17) is 10.8 Å². The summed E-state index contributed by atoms with van der Waals surface area (Å²) in [7, 11) is 0. The average Bonchev–Trinajstić information content (AvgIpc) is 2.46. The standard InChI is InChI=1S/C11H17F3N2O8/c12-11(13,14)8(20)16-5-3(17)1-10(23,9(21)22)24-7(5)6(19)4(18)2-15/h3-7,17-19,23H,1-2,15H2,(H,16,20)(H,21,22)/t3-,4+,5+,6+,7+,10+/m0/s1. The maximum Gasteiger partial charge on any atom is 0.471 e. The van der Waals surface area contributed by atoms with Crippen molar-refractivity contribution in [1.82, 2.24) is 5.32 Å². The van der Waals surface area contributed by atoms with Gasteiger partial charge in [0.05, 0.1) is 18.2 Å². The van der Waals surface area contributed by atoms with Crippen molar-refractivity contribution in [3.05, 3.63) is 0 Å². The molecule has 0 unspecified atom stereocenters. The quantitative estimate of drug-likeness (QED) is 0.262. The number of alkyl halides is 3. The normalized spacial score (nSPS) is 33.6. The molecule has 1 aliphatic rings. The van der Waals surface area contributed by atoms with Crippen LogP contribution in [0.3, 0.4) is 0 Å². The number of hydrogen-bond donors (Lipinski definition) is 7. The van der Waals surface area contributed by atoms with Crippen LogP contribution in [0.2, 0.25) is 0 Å². The van der Waals surface area contributed by atoms with Crippen LogP contribution in [0.15, 0.2) is 0 Å². The van der Waals surface area contributed by atoms with E-state index in [2.05, 4.69) is 4.74 Å². The SMILES string of the molecule is NC[C@@H](O)[C@@H](O)[C@@H]1O[C@@](O)(C(=O)O)C[C@H](O)[C@H]1NC(=O)C(F)(F)F. The molecule has 1 saturated heterocycles. The summed E-state index contributed by atoms with van der Waals surface area (Å²) in [5.41, 5.74) is 5.08. The Morgan fingerprint density at radius 2 is 1.92 bits per heavy atom. The number of aliphatic hydroxyl groups excluding tert-OH is 3. The van der Waals surface area contributed by atoms with Gasteiger partial charge in [0.2, 0.25) is 0 Å². The first-order chi connectivity index (χ1) is 10.8. The van der Waals surface area contributed by atoms with Gasteiger partial charge < -0.3 is 41.3 Å². The van der Waals surface area contributed by atoms with Gasteiger partial charge in [0.1, 0.15) is 12.2 Å². The van der Waals surface area contributed by atoms with Gasteiger partial charge >= 0.3 is 18.1 Å². The molecule has 24 heavy (non-hydrogen) atoms. The minimum atomic E-state index is -5.33. The fraction of sp³-hybridized carbons (Fsp3) is 0.818. The third-order valence-electron chi connectivity index (χ3n) is 3.45. The second kappa shape index (κ2) is 7.16. The van der Waals surface area contributed by atoms with Crippen LogP contribution in [0.4, 0.5) is 13.2 Å². The van der Waals surface area contributed by atoms with Crippen LogP contribution in [0.1, 0.15) is 6.42 Å². The van der Waals surface area contributed by atoms with Crippen LogP contribution in [0, 0.1) is 0 Å². The van der Waals surface area contributed by atoms with Crippen molar-refractivity contribution < 1.29 is 53.0 Å². The minimum absolute atomic E-state index is 0.595. The number of amides is 1. The maximum atomic E-state index is 12.4. The highest BCUT2D eigenvalue weighted by atomic mass is 19.4. The van der Waals surface area contributed by atoms with Crippen LogP contribution in [0.5, 0.6) is 0 Å². The van der Waals surface area contributed by atoms with Crippen LogP contribution < -0.4 is 11.1 Å². The summed E-state index contributed by atoms with van der Waals surface area (Å²) < 4.78 is 41.7. The Balaban J connectivity index is 3.13. The Morgan fingerprint density at radius 3 is 2.33 bits per heavy atom. The molecule has 0 aromatic carbocycles. The number of nitrogens with two attached hydrogens (primary N) is 1. The summed E-state index contributed by atoms with van der Waals surface area (Å²) in [5, 5.41) is 49.2. The van der Waals surface area contributed by atoms with Crippen molar-refractivity contribution in [3.63, 3.8) is 0 Å². The van der Waals surface area contributed by atoms with Gasteiger partial charge in [-0.25, -0.2) is 4.79 Å².